The van der Waals surface area contributed by atoms with E-state index in [0.717, 1.165) is 28.1 Å². The van der Waals surface area contributed by atoms with Crippen molar-refractivity contribution < 1.29 is 17.9 Å². The van der Waals surface area contributed by atoms with Crippen LogP contribution in [0.1, 0.15) is 16.7 Å². The minimum absolute atomic E-state index is 0.115. The molecule has 1 aliphatic rings. The number of hydrogen-bond donors (Lipinski definition) is 1. The molecule has 0 spiro atoms. The summed E-state index contributed by atoms with van der Waals surface area (Å²) in [5, 5.41) is 5.11. The molecule has 0 saturated heterocycles. The van der Waals surface area contributed by atoms with Crippen LogP contribution in [0.15, 0.2) is 83.8 Å². The Morgan fingerprint density at radius 3 is 2.40 bits per heavy atom. The average molecular weight is 487 g/mol. The molecule has 0 fully saturated rings. The standard InChI is InChI=1S/C28H26N2O4S/c1-19-9-14-24(15-10-19)35(32,33)30(22-6-4-7-23(17-22)34-2)18-27(31)29-26-16-13-21-12-11-20-5-3-8-25(26)28(20)21/h3-10,13-17H,11-12,18H2,1-2H3,(H,29,31). The van der Waals surface area contributed by atoms with E-state index < -0.39 is 15.9 Å². The van der Waals surface area contributed by atoms with E-state index in [1.165, 1.54) is 23.6 Å². The number of sulfonamides is 1. The summed E-state index contributed by atoms with van der Waals surface area (Å²) in [6.07, 6.45) is 1.98. The Morgan fingerprint density at radius 2 is 1.66 bits per heavy atom. The molecule has 0 radical (unpaired) electrons. The largest absolute Gasteiger partial charge is 0.497 e. The molecule has 7 heteroatoms. The smallest absolute Gasteiger partial charge is 0.264 e. The second kappa shape index (κ2) is 9.07. The van der Waals surface area contributed by atoms with Gasteiger partial charge in [0.2, 0.25) is 5.91 Å². The van der Waals surface area contributed by atoms with Crippen LogP contribution >= 0.6 is 0 Å². The topological polar surface area (TPSA) is 75.7 Å². The lowest BCUT2D eigenvalue weighted by Gasteiger charge is -2.24. The van der Waals surface area contributed by atoms with Crippen molar-refractivity contribution in [3.8, 4) is 5.75 Å². The Labute approximate surface area is 205 Å². The maximum atomic E-state index is 13.6. The Hall–Kier alpha value is -3.84. The summed E-state index contributed by atoms with van der Waals surface area (Å²) in [7, 11) is -2.50. The number of ether oxygens (including phenoxy) is 1. The lowest BCUT2D eigenvalue weighted by molar-refractivity contribution is -0.114. The molecule has 0 saturated carbocycles. The molecule has 1 amide bonds. The number of benzene rings is 4. The number of anilines is 2. The summed E-state index contributed by atoms with van der Waals surface area (Å²) in [6, 6.07) is 23.3. The molecule has 5 rings (SSSR count). The van der Waals surface area contributed by atoms with Crippen molar-refractivity contribution in [3.63, 3.8) is 0 Å². The van der Waals surface area contributed by atoms with E-state index in [0.29, 0.717) is 17.1 Å². The SMILES string of the molecule is COc1cccc(N(CC(=O)Nc2ccc3c4c(cccc24)CC3)S(=O)(=O)c2ccc(C)cc2)c1. The van der Waals surface area contributed by atoms with Gasteiger partial charge in [0.05, 0.1) is 17.7 Å². The fourth-order valence-electron chi connectivity index (χ4n) is 4.59. The van der Waals surface area contributed by atoms with Crippen LogP contribution in [0.3, 0.4) is 0 Å². The first-order chi connectivity index (χ1) is 16.9. The quantitative estimate of drug-likeness (QED) is 0.395. The van der Waals surface area contributed by atoms with Crippen molar-refractivity contribution in [1.82, 2.24) is 0 Å². The molecule has 0 atom stereocenters. The highest BCUT2D eigenvalue weighted by atomic mass is 32.2. The minimum Gasteiger partial charge on any atom is -0.497 e. The van der Waals surface area contributed by atoms with Gasteiger partial charge in [0.1, 0.15) is 12.3 Å². The minimum atomic E-state index is -4.01. The van der Waals surface area contributed by atoms with Gasteiger partial charge < -0.3 is 10.1 Å². The van der Waals surface area contributed by atoms with Crippen molar-refractivity contribution in [2.75, 3.05) is 23.3 Å². The number of amides is 1. The highest BCUT2D eigenvalue weighted by Gasteiger charge is 2.28. The molecule has 0 unspecified atom stereocenters. The zero-order valence-electron chi connectivity index (χ0n) is 19.6. The van der Waals surface area contributed by atoms with Crippen molar-refractivity contribution in [3.05, 3.63) is 95.6 Å². The maximum Gasteiger partial charge on any atom is 0.264 e. The van der Waals surface area contributed by atoms with Crippen molar-refractivity contribution in [1.29, 1.82) is 0 Å². The van der Waals surface area contributed by atoms with Crippen molar-refractivity contribution in [2.45, 2.75) is 24.7 Å². The Morgan fingerprint density at radius 1 is 0.943 bits per heavy atom. The third kappa shape index (κ3) is 4.35. The third-order valence-corrected chi connectivity index (χ3v) is 8.18. The highest BCUT2D eigenvalue weighted by Crippen LogP contribution is 2.35. The number of rotatable bonds is 7. The molecule has 178 valence electrons. The van der Waals surface area contributed by atoms with Gasteiger partial charge in [0, 0.05) is 17.1 Å². The first-order valence-corrected chi connectivity index (χ1v) is 12.9. The molecule has 6 nitrogen and oxygen atoms in total. The van der Waals surface area contributed by atoms with Crippen LogP contribution in [0.5, 0.6) is 5.75 Å². The zero-order chi connectivity index (χ0) is 24.6. The summed E-state index contributed by atoms with van der Waals surface area (Å²) in [5.74, 6) is 0.0710. The number of carbonyl (C=O) groups is 1. The van der Waals surface area contributed by atoms with E-state index in [2.05, 4.69) is 11.4 Å². The van der Waals surface area contributed by atoms with E-state index in [1.807, 2.05) is 31.2 Å². The van der Waals surface area contributed by atoms with Gasteiger partial charge in [-0.05, 0) is 66.6 Å². The summed E-state index contributed by atoms with van der Waals surface area (Å²) >= 11 is 0. The monoisotopic (exact) mass is 486 g/mol. The van der Waals surface area contributed by atoms with E-state index in [4.69, 9.17) is 4.74 Å². The molecule has 0 aliphatic heterocycles. The number of carbonyl (C=O) groups excluding carboxylic acids is 1. The van der Waals surface area contributed by atoms with Gasteiger partial charge in [-0.15, -0.1) is 0 Å². The molecule has 0 heterocycles. The molecule has 0 bridgehead atoms. The first-order valence-electron chi connectivity index (χ1n) is 11.4. The predicted molar refractivity (Wildman–Crippen MR) is 139 cm³/mol. The van der Waals surface area contributed by atoms with Crippen molar-refractivity contribution >= 4 is 38.1 Å². The Balaban J connectivity index is 1.50. The Kier molecular flexibility index (Phi) is 5.94. The van der Waals surface area contributed by atoms with Crippen molar-refractivity contribution in [2.24, 2.45) is 0 Å². The van der Waals surface area contributed by atoms with Crippen LogP contribution in [0.25, 0.3) is 10.8 Å². The number of nitrogens with zero attached hydrogens (tertiary/aromatic N) is 1. The van der Waals surface area contributed by atoms with Gasteiger partial charge >= 0.3 is 0 Å². The number of aryl methyl sites for hydroxylation is 3. The van der Waals surface area contributed by atoms with E-state index in [1.54, 1.807) is 48.5 Å². The maximum absolute atomic E-state index is 13.6. The predicted octanol–water partition coefficient (Wildman–Crippen LogP) is 5.09. The molecular weight excluding hydrogens is 460 g/mol. The molecule has 4 aromatic carbocycles. The van der Waals surface area contributed by atoms with Crippen LogP contribution in [-0.2, 0) is 27.7 Å². The first kappa shape index (κ1) is 22.9. The second-order valence-electron chi connectivity index (χ2n) is 8.69. The molecule has 1 aliphatic carbocycles. The lowest BCUT2D eigenvalue weighted by Crippen LogP contribution is -2.38. The van der Waals surface area contributed by atoms with Crippen LogP contribution in [0, 0.1) is 6.92 Å². The molecule has 1 N–H and O–H groups in total. The summed E-state index contributed by atoms with van der Waals surface area (Å²) in [5.41, 5.74) is 4.51. The number of methoxy groups -OCH3 is 1. The van der Waals surface area contributed by atoms with Crippen LogP contribution in [-0.4, -0.2) is 28.0 Å². The molecule has 4 aromatic rings. The van der Waals surface area contributed by atoms with E-state index in [9.17, 15) is 13.2 Å². The average Bonchev–Trinajstić information content (AvgIpc) is 3.29. The summed E-state index contributed by atoms with van der Waals surface area (Å²) in [6.45, 7) is 1.51. The fourth-order valence-corrected chi connectivity index (χ4v) is 6.01. The summed E-state index contributed by atoms with van der Waals surface area (Å²) in [4.78, 5) is 13.4. The highest BCUT2D eigenvalue weighted by molar-refractivity contribution is 7.92. The van der Waals surface area contributed by atoms with Gasteiger partial charge in [-0.2, -0.15) is 0 Å². The van der Waals surface area contributed by atoms with Gasteiger partial charge in [-0.3, -0.25) is 9.10 Å². The second-order valence-corrected chi connectivity index (χ2v) is 10.5. The number of hydrogen-bond acceptors (Lipinski definition) is 4. The van der Waals surface area contributed by atoms with E-state index in [-0.39, 0.29) is 11.4 Å². The van der Waals surface area contributed by atoms with Crippen LogP contribution in [0.2, 0.25) is 0 Å². The normalized spacial score (nSPS) is 12.5. The van der Waals surface area contributed by atoms with Crippen LogP contribution in [0.4, 0.5) is 11.4 Å². The van der Waals surface area contributed by atoms with E-state index >= 15 is 0 Å². The third-order valence-electron chi connectivity index (χ3n) is 6.39. The Bertz CT molecular complexity index is 1520. The molecule has 35 heavy (non-hydrogen) atoms. The molecule has 0 aromatic heterocycles. The van der Waals surface area contributed by atoms with Gasteiger partial charge in [-0.25, -0.2) is 8.42 Å². The van der Waals surface area contributed by atoms with Crippen LogP contribution < -0.4 is 14.4 Å². The fraction of sp³-hybridized carbons (Fsp3) is 0.179. The zero-order valence-corrected chi connectivity index (χ0v) is 20.4. The summed E-state index contributed by atoms with van der Waals surface area (Å²) < 4.78 is 33.7. The van der Waals surface area contributed by atoms with Gasteiger partial charge in [-0.1, -0.05) is 48.0 Å². The lowest BCUT2D eigenvalue weighted by atomic mass is 10.0. The number of nitrogens with one attached hydrogen (secondary N) is 1. The van der Waals surface area contributed by atoms with Gasteiger partial charge in [0.15, 0.2) is 0 Å². The molecular formula is C28H26N2O4S. The van der Waals surface area contributed by atoms with Gasteiger partial charge in [0.25, 0.3) is 10.0 Å².